The third kappa shape index (κ3) is 67.8. The molecule has 0 spiro atoms. The zero-order valence-electron chi connectivity index (χ0n) is 57.3. The topological polar surface area (TPSA) is 111 Å². The second kappa shape index (κ2) is 67.2. The molecule has 0 fully saturated rings. The van der Waals surface area contributed by atoms with Crippen molar-refractivity contribution in [3.63, 3.8) is 0 Å². The van der Waals surface area contributed by atoms with Gasteiger partial charge in [-0.15, -0.1) is 0 Å². The number of carbonyl (C=O) groups is 3. The van der Waals surface area contributed by atoms with Crippen LogP contribution in [0.25, 0.3) is 0 Å². The van der Waals surface area contributed by atoms with E-state index < -0.39 is 24.3 Å². The van der Waals surface area contributed by atoms with Crippen molar-refractivity contribution >= 4 is 17.9 Å². The summed E-state index contributed by atoms with van der Waals surface area (Å²) in [5, 5.41) is 11.8. The number of rotatable bonds is 72. The molecule has 0 radical (unpaired) electrons. The first-order chi connectivity index (χ1) is 41.1. The maximum atomic E-state index is 12.9. The van der Waals surface area contributed by atoms with Gasteiger partial charge in [0.15, 0.2) is 12.4 Å². The lowest BCUT2D eigenvalue weighted by molar-refractivity contribution is -0.870. The van der Waals surface area contributed by atoms with Crippen LogP contribution in [-0.4, -0.2) is 82.3 Å². The summed E-state index contributed by atoms with van der Waals surface area (Å²) in [5.74, 6) is -2.24. The summed E-state index contributed by atoms with van der Waals surface area (Å²) in [6.45, 7) is 4.85. The van der Waals surface area contributed by atoms with Gasteiger partial charge in [-0.3, -0.25) is 9.59 Å². The first-order valence-electron chi connectivity index (χ1n) is 37.7. The molecule has 0 aromatic carbocycles. The number of aliphatic carboxylic acids is 1. The average Bonchev–Trinajstić information content (AvgIpc) is 3.51. The van der Waals surface area contributed by atoms with Crippen molar-refractivity contribution in [1.82, 2.24) is 0 Å². The standard InChI is InChI=1S/C75H147NO8/c1-6-8-10-12-14-16-18-20-22-24-26-28-30-31-32-33-34-35-36-37-38-39-40-41-42-44-46-48-50-52-54-56-58-60-62-64-66-73(78)84-71(70-83-75(74(79)80)81-68-67-76(3,4)5)69-82-72(77)65-63-61-59-57-55-53-51-49-47-45-43-29-27-25-23-21-19-17-15-13-11-9-7-2/h71,75H,6-70H2,1-5H3. The summed E-state index contributed by atoms with van der Waals surface area (Å²) in [6.07, 6.45) is 77.9. The van der Waals surface area contributed by atoms with Crippen LogP contribution in [0.2, 0.25) is 0 Å². The van der Waals surface area contributed by atoms with Gasteiger partial charge in [-0.1, -0.05) is 380 Å². The molecule has 0 aliphatic carbocycles. The van der Waals surface area contributed by atoms with E-state index in [-0.39, 0.29) is 32.2 Å². The predicted molar refractivity (Wildman–Crippen MR) is 357 cm³/mol. The number of quaternary nitrogens is 1. The van der Waals surface area contributed by atoms with Crippen molar-refractivity contribution in [3.05, 3.63) is 0 Å². The van der Waals surface area contributed by atoms with Crippen LogP contribution in [0, 0.1) is 0 Å². The van der Waals surface area contributed by atoms with Gasteiger partial charge in [-0.2, -0.15) is 0 Å². The number of carboxylic acids is 1. The summed E-state index contributed by atoms with van der Waals surface area (Å²) < 4.78 is 22.9. The molecule has 0 amide bonds. The predicted octanol–water partition coefficient (Wildman–Crippen LogP) is 22.1. The van der Waals surface area contributed by atoms with Crippen LogP contribution in [-0.2, 0) is 33.3 Å². The molecule has 0 N–H and O–H groups in total. The molecular weight excluding hydrogens is 1040 g/mol. The van der Waals surface area contributed by atoms with Gasteiger partial charge < -0.3 is 33.3 Å². The van der Waals surface area contributed by atoms with Gasteiger partial charge in [0.05, 0.1) is 40.3 Å². The Morgan fingerprint density at radius 1 is 0.310 bits per heavy atom. The van der Waals surface area contributed by atoms with E-state index >= 15 is 0 Å². The van der Waals surface area contributed by atoms with E-state index in [0.29, 0.717) is 17.4 Å². The van der Waals surface area contributed by atoms with E-state index in [0.717, 1.165) is 38.5 Å². The summed E-state index contributed by atoms with van der Waals surface area (Å²) in [4.78, 5) is 37.5. The van der Waals surface area contributed by atoms with Crippen LogP contribution in [0.15, 0.2) is 0 Å². The molecule has 0 rings (SSSR count). The molecule has 0 aliphatic rings. The van der Waals surface area contributed by atoms with Crippen LogP contribution in [0.3, 0.4) is 0 Å². The molecule has 2 atom stereocenters. The van der Waals surface area contributed by atoms with Crippen LogP contribution in [0.5, 0.6) is 0 Å². The Balaban J connectivity index is 3.96. The lowest BCUT2D eigenvalue weighted by atomic mass is 10.0. The number of carbonyl (C=O) groups excluding carboxylic acids is 3. The van der Waals surface area contributed by atoms with Gasteiger partial charge in [-0.25, -0.2) is 0 Å². The Hall–Kier alpha value is -1.71. The highest BCUT2D eigenvalue weighted by molar-refractivity contribution is 5.70. The number of unbranched alkanes of at least 4 members (excludes halogenated alkanes) is 57. The largest absolute Gasteiger partial charge is 0.545 e. The number of ether oxygens (including phenoxy) is 4. The van der Waals surface area contributed by atoms with Crippen molar-refractivity contribution < 1.29 is 42.9 Å². The SMILES string of the molecule is CCCCCCCCCCCCCCCCCCCCCCCCCCCCCCCCCCCCCCC(=O)OC(COC(=O)CCCCCCCCCCCCCCCCCCCCCCCCC)COC(OCC[N+](C)(C)C)C(=O)[O-]. The molecule has 84 heavy (non-hydrogen) atoms. The second-order valence-corrected chi connectivity index (χ2v) is 27.3. The molecule has 0 saturated carbocycles. The smallest absolute Gasteiger partial charge is 0.306 e. The Bertz CT molecular complexity index is 1340. The van der Waals surface area contributed by atoms with Crippen LogP contribution >= 0.6 is 0 Å². The third-order valence-corrected chi connectivity index (χ3v) is 17.6. The van der Waals surface area contributed by atoms with E-state index in [1.165, 1.54) is 340 Å². The molecule has 0 aromatic heterocycles. The maximum absolute atomic E-state index is 12.9. The Morgan fingerprint density at radius 2 is 0.536 bits per heavy atom. The van der Waals surface area contributed by atoms with Gasteiger partial charge in [0, 0.05) is 12.8 Å². The molecule has 0 bridgehead atoms. The first kappa shape index (κ1) is 82.3. The number of hydrogen-bond acceptors (Lipinski definition) is 8. The average molecular weight is 1190 g/mol. The quantitative estimate of drug-likeness (QED) is 0.0256. The Kier molecular flexibility index (Phi) is 65.9. The lowest BCUT2D eigenvalue weighted by Crippen LogP contribution is -2.44. The number of nitrogens with zero attached hydrogens (tertiary/aromatic N) is 1. The van der Waals surface area contributed by atoms with Gasteiger partial charge in [0.25, 0.3) is 0 Å². The molecule has 2 unspecified atom stereocenters. The second-order valence-electron chi connectivity index (χ2n) is 27.3. The number of likely N-dealkylation sites (N-methyl/N-ethyl adjacent to an activating group) is 1. The third-order valence-electron chi connectivity index (χ3n) is 17.6. The van der Waals surface area contributed by atoms with E-state index in [4.69, 9.17) is 18.9 Å². The summed E-state index contributed by atoms with van der Waals surface area (Å²) >= 11 is 0. The Morgan fingerprint density at radius 3 is 0.762 bits per heavy atom. The van der Waals surface area contributed by atoms with Gasteiger partial charge in [0.2, 0.25) is 0 Å². The summed E-state index contributed by atoms with van der Waals surface area (Å²) in [6, 6.07) is 0. The molecule has 0 aromatic rings. The minimum absolute atomic E-state index is 0.154. The van der Waals surface area contributed by atoms with Crippen LogP contribution in [0.1, 0.15) is 406 Å². The van der Waals surface area contributed by atoms with E-state index in [2.05, 4.69) is 13.8 Å². The van der Waals surface area contributed by atoms with Crippen LogP contribution in [0.4, 0.5) is 0 Å². The zero-order valence-corrected chi connectivity index (χ0v) is 57.3. The van der Waals surface area contributed by atoms with E-state index in [9.17, 15) is 19.5 Å². The number of carboxylic acid groups (broad SMARTS) is 1. The molecule has 0 saturated heterocycles. The molecular formula is C75H147NO8. The van der Waals surface area contributed by atoms with E-state index in [1.54, 1.807) is 0 Å². The summed E-state index contributed by atoms with van der Waals surface area (Å²) in [5.41, 5.74) is 0. The maximum Gasteiger partial charge on any atom is 0.306 e. The highest BCUT2D eigenvalue weighted by atomic mass is 16.7. The summed E-state index contributed by atoms with van der Waals surface area (Å²) in [7, 11) is 5.95. The van der Waals surface area contributed by atoms with Gasteiger partial charge in [-0.05, 0) is 12.8 Å². The molecule has 0 heterocycles. The zero-order chi connectivity index (χ0) is 61.2. The number of hydrogen-bond donors (Lipinski definition) is 0. The van der Waals surface area contributed by atoms with Crippen molar-refractivity contribution in [1.29, 1.82) is 0 Å². The highest BCUT2D eigenvalue weighted by Crippen LogP contribution is 2.20. The monoisotopic (exact) mass is 1190 g/mol. The fourth-order valence-corrected chi connectivity index (χ4v) is 11.8. The lowest BCUT2D eigenvalue weighted by Gasteiger charge is -2.26. The fraction of sp³-hybridized carbons (Fsp3) is 0.960. The highest BCUT2D eigenvalue weighted by Gasteiger charge is 2.22. The van der Waals surface area contributed by atoms with Crippen molar-refractivity contribution in [3.8, 4) is 0 Å². The van der Waals surface area contributed by atoms with Crippen molar-refractivity contribution in [2.24, 2.45) is 0 Å². The Labute approximate surface area is 523 Å². The fourth-order valence-electron chi connectivity index (χ4n) is 11.8. The first-order valence-corrected chi connectivity index (χ1v) is 37.7. The minimum Gasteiger partial charge on any atom is -0.545 e. The normalized spacial score (nSPS) is 12.5. The molecule has 500 valence electrons. The molecule has 9 nitrogen and oxygen atoms in total. The molecule has 0 aliphatic heterocycles. The van der Waals surface area contributed by atoms with Gasteiger partial charge >= 0.3 is 11.9 Å². The van der Waals surface area contributed by atoms with Crippen molar-refractivity contribution in [2.75, 3.05) is 47.5 Å². The van der Waals surface area contributed by atoms with Crippen molar-refractivity contribution in [2.45, 2.75) is 418 Å². The number of esters is 2. The molecule has 9 heteroatoms. The van der Waals surface area contributed by atoms with E-state index in [1.807, 2.05) is 21.1 Å². The van der Waals surface area contributed by atoms with Crippen LogP contribution < -0.4 is 5.11 Å². The minimum atomic E-state index is -1.62. The van der Waals surface area contributed by atoms with Gasteiger partial charge in [0.1, 0.15) is 13.2 Å².